The fraction of sp³-hybridized carbons (Fsp3) is 1.00. The van der Waals surface area contributed by atoms with E-state index in [-0.39, 0.29) is 20.9 Å². The lowest BCUT2D eigenvalue weighted by Gasteiger charge is -2.54. The minimum Gasteiger partial charge on any atom is -0.144 e. The van der Waals surface area contributed by atoms with Gasteiger partial charge in [-0.1, -0.05) is 0 Å². The third-order valence-electron chi connectivity index (χ3n) is 6.64. The number of rotatable bonds is 3. The Kier molecular flexibility index (Phi) is 7.05. The summed E-state index contributed by atoms with van der Waals surface area (Å²) in [7, 11) is -1.35. The zero-order valence-corrected chi connectivity index (χ0v) is 20.1. The summed E-state index contributed by atoms with van der Waals surface area (Å²) in [5.41, 5.74) is 0. The predicted octanol–water partition coefficient (Wildman–Crippen LogP) is 4.69. The highest BCUT2D eigenvalue weighted by atomic mass is 35.5. The van der Waals surface area contributed by atoms with E-state index in [2.05, 4.69) is 83.1 Å². The molecule has 0 heterocycles. The van der Waals surface area contributed by atoms with E-state index in [4.69, 9.17) is 11.5 Å². The number of hydrogen-bond donors (Lipinski definition) is 0. The summed E-state index contributed by atoms with van der Waals surface area (Å²) >= 11 is 5.97. The summed E-state index contributed by atoms with van der Waals surface area (Å²) in [5, 5.41) is 1.92. The van der Waals surface area contributed by atoms with E-state index in [0.29, 0.717) is 20.6 Å². The molecular weight excluding hydrogens is 311 g/mol. The molecule has 0 N–H and O–H groups in total. The van der Waals surface area contributed by atoms with E-state index in [1.807, 2.05) is 0 Å². The molecule has 0 aromatic heterocycles. The zero-order chi connectivity index (χ0) is 17.5. The van der Waals surface area contributed by atoms with Crippen LogP contribution in [0.25, 0.3) is 0 Å². The maximum atomic E-state index is 5.97. The van der Waals surface area contributed by atoms with Gasteiger partial charge >= 0.3 is 6.41 Å². The van der Waals surface area contributed by atoms with Gasteiger partial charge in [-0.25, -0.2) is 0 Å². The monoisotopic (exact) mass is 353 g/mol. The first-order valence-corrected chi connectivity index (χ1v) is 14.2. The van der Waals surface area contributed by atoms with Gasteiger partial charge in [0.05, 0.1) is 0 Å². The van der Waals surface area contributed by atoms with Crippen LogP contribution in [0.15, 0.2) is 0 Å². The Morgan fingerprint density at radius 3 is 1.10 bits per heavy atom. The van der Waals surface area contributed by atoms with Gasteiger partial charge in [-0.2, -0.15) is 0 Å². The molecule has 0 atom stereocenters. The van der Waals surface area contributed by atoms with Crippen molar-refractivity contribution in [2.24, 2.45) is 0 Å². The van der Waals surface area contributed by atoms with E-state index >= 15 is 0 Å². The van der Waals surface area contributed by atoms with E-state index in [0.717, 1.165) is 0 Å². The molecule has 127 valence electrons. The Hall–Kier alpha value is 1.28. The van der Waals surface area contributed by atoms with Crippen LogP contribution in [0, 0.1) is 11.5 Å². The van der Waals surface area contributed by atoms with Crippen molar-refractivity contribution in [2.45, 2.75) is 104 Å². The molecule has 21 heavy (non-hydrogen) atoms. The molecule has 5 heteroatoms. The van der Waals surface area contributed by atoms with Gasteiger partial charge in [-0.05, 0) is 83.1 Å². The second kappa shape index (κ2) is 6.65. The molecule has 0 aliphatic carbocycles. The van der Waals surface area contributed by atoms with Gasteiger partial charge in [0.2, 0.25) is 0 Å². The summed E-state index contributed by atoms with van der Waals surface area (Å²) in [6.45, 7) is 30.1. The third kappa shape index (κ3) is 5.13. The molecule has 0 saturated carbocycles. The SMILES string of the molecule is CC(C)(C)[PH+]([BH2-][P+]([BH2-][ClH+2])(C(C)(C)C)C(C)(C)C)C(C)(C)C. The molecule has 0 bridgehead atoms. The molecule has 0 saturated heterocycles. The Morgan fingerprint density at radius 2 is 0.952 bits per heavy atom. The van der Waals surface area contributed by atoms with Crippen LogP contribution in [-0.2, 0) is 0 Å². The second-order valence-electron chi connectivity index (χ2n) is 11.3. The first-order valence-electron chi connectivity index (χ1n) is 8.75. The van der Waals surface area contributed by atoms with Crippen LogP contribution >= 0.6 is 14.8 Å². The average Bonchev–Trinajstić information content (AvgIpc) is 2.09. The Labute approximate surface area is 143 Å². The van der Waals surface area contributed by atoms with Gasteiger partial charge in [-0.3, -0.25) is 0 Å². The van der Waals surface area contributed by atoms with Crippen molar-refractivity contribution < 1.29 is 11.5 Å². The van der Waals surface area contributed by atoms with E-state index in [1.165, 1.54) is 0 Å². The smallest absolute Gasteiger partial charge is 0.144 e. The maximum absolute atomic E-state index is 5.97. The molecule has 0 aromatic carbocycles. The maximum Gasteiger partial charge on any atom is 0.575 e. The van der Waals surface area contributed by atoms with Crippen LogP contribution in [0.2, 0.25) is 0 Å². The quantitative estimate of drug-likeness (QED) is 0.510. The number of hydrogen-bond acceptors (Lipinski definition) is 0. The van der Waals surface area contributed by atoms with Gasteiger partial charge in [0.15, 0.2) is 0 Å². The molecule has 0 unspecified atom stereocenters. The van der Waals surface area contributed by atoms with Crippen molar-refractivity contribution in [3.8, 4) is 0 Å². The number of halogens is 1. The second-order valence-corrected chi connectivity index (χ2v) is 24.4. The van der Waals surface area contributed by atoms with Gasteiger partial charge in [-0.15, -0.1) is 14.8 Å². The molecule has 0 rings (SSSR count). The summed E-state index contributed by atoms with van der Waals surface area (Å²) in [4.78, 5) is 0. The molecule has 0 nitrogen and oxygen atoms in total. The summed E-state index contributed by atoms with van der Waals surface area (Å²) in [6, 6.07) is 0. The van der Waals surface area contributed by atoms with E-state index in [9.17, 15) is 0 Å². The van der Waals surface area contributed by atoms with Crippen LogP contribution in [-0.4, -0.2) is 33.8 Å². The lowest BCUT2D eigenvalue weighted by Crippen LogP contribution is -2.42. The van der Waals surface area contributed by atoms with Crippen LogP contribution in [0.5, 0.6) is 0 Å². The van der Waals surface area contributed by atoms with Crippen molar-refractivity contribution in [1.82, 2.24) is 0 Å². The van der Waals surface area contributed by atoms with Gasteiger partial charge in [0.25, 0.3) is 6.72 Å². The minimum absolute atomic E-state index is 0.0394. The molecule has 0 amide bonds. The van der Waals surface area contributed by atoms with Crippen molar-refractivity contribution in [1.29, 1.82) is 0 Å². The molecule has 1 radical (unpaired) electrons. The highest BCUT2D eigenvalue weighted by molar-refractivity contribution is 8.34. The standard InChI is InChI=1S/C16H42B2ClP2/c1-13(2,3)20(14(4,5)6)18-21(17-19,15(7,8)9)16(10,11)12/h19-20H,17-18H2,1-12H3/q+2. The fourth-order valence-electron chi connectivity index (χ4n) is 4.56. The van der Waals surface area contributed by atoms with Crippen LogP contribution in [0.1, 0.15) is 83.1 Å². The first-order chi connectivity index (χ1) is 8.90. The first kappa shape index (κ1) is 22.3. The lowest BCUT2D eigenvalue weighted by atomic mass is 10.2. The summed E-state index contributed by atoms with van der Waals surface area (Å²) < 4.78 is 0. The Balaban J connectivity index is 6.01. The fourth-order valence-corrected chi connectivity index (χ4v) is 29.9. The van der Waals surface area contributed by atoms with Crippen molar-refractivity contribution in [2.75, 3.05) is 0 Å². The molecule has 0 aliphatic rings. The van der Waals surface area contributed by atoms with Gasteiger partial charge in [0, 0.05) is 20.6 Å². The molecule has 0 fully saturated rings. The van der Waals surface area contributed by atoms with Crippen molar-refractivity contribution in [3.05, 3.63) is 0 Å². The topological polar surface area (TPSA) is 0 Å². The molecule has 0 spiro atoms. The minimum atomic E-state index is -0.984. The molecule has 0 aliphatic heterocycles. The van der Waals surface area contributed by atoms with Crippen molar-refractivity contribution >= 4 is 28.0 Å². The van der Waals surface area contributed by atoms with Crippen LogP contribution in [0.3, 0.4) is 0 Å². The van der Waals surface area contributed by atoms with E-state index < -0.39 is 7.02 Å². The van der Waals surface area contributed by atoms with E-state index in [1.54, 1.807) is 0 Å². The zero-order valence-electron chi connectivity index (χ0n) is 17.4. The van der Waals surface area contributed by atoms with Crippen molar-refractivity contribution in [3.63, 3.8) is 0 Å². The Morgan fingerprint density at radius 1 is 0.667 bits per heavy atom. The van der Waals surface area contributed by atoms with Gasteiger partial charge in [0.1, 0.15) is 11.5 Å². The van der Waals surface area contributed by atoms with Crippen LogP contribution < -0.4 is 0 Å². The Bertz CT molecular complexity index is 315. The van der Waals surface area contributed by atoms with Gasteiger partial charge < -0.3 is 0 Å². The third-order valence-corrected chi connectivity index (χ3v) is 26.1. The highest BCUT2D eigenvalue weighted by Crippen LogP contribution is 2.80. The molecule has 0 aromatic rings. The summed E-state index contributed by atoms with van der Waals surface area (Å²) in [6.07, 6.45) is -0.231. The normalized spacial score (nSPS) is 15.7. The highest BCUT2D eigenvalue weighted by Gasteiger charge is 2.58. The largest absolute Gasteiger partial charge is 0.575 e. The average molecular weight is 354 g/mol. The predicted molar refractivity (Wildman–Crippen MR) is 113 cm³/mol. The summed E-state index contributed by atoms with van der Waals surface area (Å²) in [5.74, 6) is 0. The van der Waals surface area contributed by atoms with Crippen LogP contribution in [0.4, 0.5) is 0 Å². The molecular formula is C16H42B2ClP2+2. The lowest BCUT2D eigenvalue weighted by molar-refractivity contribution is -0.174.